The van der Waals surface area contributed by atoms with Crippen molar-refractivity contribution in [2.45, 2.75) is 91.9 Å². The van der Waals surface area contributed by atoms with Crippen LogP contribution in [0.4, 0.5) is 0 Å². The van der Waals surface area contributed by atoms with Crippen LogP contribution in [0.15, 0.2) is 36.4 Å². The van der Waals surface area contributed by atoms with Gasteiger partial charge in [-0.25, -0.2) is 19.2 Å². The number of benzene rings is 2. The van der Waals surface area contributed by atoms with E-state index in [4.69, 9.17) is 18.9 Å². The van der Waals surface area contributed by atoms with Crippen LogP contribution >= 0.6 is 0 Å². The molecule has 0 aliphatic carbocycles. The van der Waals surface area contributed by atoms with Gasteiger partial charge in [0.2, 0.25) is 0 Å². The van der Waals surface area contributed by atoms with Crippen LogP contribution in [0.25, 0.3) is 0 Å². The van der Waals surface area contributed by atoms with Gasteiger partial charge in [0.1, 0.15) is 0 Å². The average molecular weight is 583 g/mol. The van der Waals surface area contributed by atoms with Gasteiger partial charge in [-0.15, -0.1) is 0 Å². The number of esters is 4. The molecule has 8 heteroatoms. The number of unbranched alkanes of at least 4 members (excludes halogenated alkanes) is 7. The van der Waals surface area contributed by atoms with E-state index < -0.39 is 23.9 Å². The van der Waals surface area contributed by atoms with Gasteiger partial charge in [0, 0.05) is 0 Å². The maximum Gasteiger partial charge on any atom is 0.338 e. The van der Waals surface area contributed by atoms with Crippen molar-refractivity contribution >= 4 is 23.9 Å². The van der Waals surface area contributed by atoms with E-state index in [1.807, 2.05) is 12.1 Å². The Morgan fingerprint density at radius 3 is 1.10 bits per heavy atom. The first kappa shape index (κ1) is 34.5. The summed E-state index contributed by atoms with van der Waals surface area (Å²) < 4.78 is 20.5. The third-order valence-corrected chi connectivity index (χ3v) is 6.87. The molecule has 0 aliphatic heterocycles. The molecule has 0 atom stereocenters. The van der Waals surface area contributed by atoms with Crippen LogP contribution in [0, 0.1) is 0 Å². The van der Waals surface area contributed by atoms with Crippen molar-refractivity contribution in [1.29, 1.82) is 0 Å². The van der Waals surface area contributed by atoms with Gasteiger partial charge in [-0.05, 0) is 88.8 Å². The summed E-state index contributed by atoms with van der Waals surface area (Å²) in [5.74, 6) is -1.71. The highest BCUT2D eigenvalue weighted by Crippen LogP contribution is 2.20. The Morgan fingerprint density at radius 1 is 0.452 bits per heavy atom. The summed E-state index contributed by atoms with van der Waals surface area (Å²) in [6, 6.07) is 10.2. The number of rotatable bonds is 19. The standard InChI is InChI=1S/C34H46O8/c1-5-39-31(35)27-21-19-25(29(23-27)33(37)41-7-3)17-15-13-11-9-10-12-14-16-18-26-20-22-28(32(36)40-6-2)24-30(26)34(38)42-8-4/h19-24H,5-18H2,1-4H3. The minimum atomic E-state index is -0.444. The highest BCUT2D eigenvalue weighted by Gasteiger charge is 2.18. The Kier molecular flexibility index (Phi) is 16.0. The Bertz CT molecular complexity index is 1080. The zero-order valence-electron chi connectivity index (χ0n) is 25.6. The van der Waals surface area contributed by atoms with Crippen LogP contribution in [0.3, 0.4) is 0 Å². The van der Waals surface area contributed by atoms with Gasteiger partial charge in [0.25, 0.3) is 0 Å². The number of carbonyl (C=O) groups excluding carboxylic acids is 4. The van der Waals surface area contributed by atoms with Crippen molar-refractivity contribution in [3.05, 3.63) is 69.8 Å². The summed E-state index contributed by atoms with van der Waals surface area (Å²) >= 11 is 0. The van der Waals surface area contributed by atoms with Gasteiger partial charge in [-0.2, -0.15) is 0 Å². The molecule has 0 N–H and O–H groups in total. The Labute approximate surface area is 250 Å². The van der Waals surface area contributed by atoms with Crippen molar-refractivity contribution in [2.24, 2.45) is 0 Å². The van der Waals surface area contributed by atoms with Gasteiger partial charge in [-0.1, -0.05) is 50.7 Å². The molecule has 0 fully saturated rings. The lowest BCUT2D eigenvalue weighted by Crippen LogP contribution is -2.12. The van der Waals surface area contributed by atoms with Crippen molar-refractivity contribution in [3.8, 4) is 0 Å². The van der Waals surface area contributed by atoms with E-state index in [1.54, 1.807) is 52.0 Å². The van der Waals surface area contributed by atoms with Gasteiger partial charge in [0.05, 0.1) is 48.7 Å². The first-order valence-electron chi connectivity index (χ1n) is 15.3. The lowest BCUT2D eigenvalue weighted by Gasteiger charge is -2.11. The minimum absolute atomic E-state index is 0.274. The highest BCUT2D eigenvalue weighted by atomic mass is 16.5. The molecular weight excluding hydrogens is 536 g/mol. The molecule has 0 bridgehead atoms. The van der Waals surface area contributed by atoms with E-state index >= 15 is 0 Å². The molecule has 2 aromatic rings. The van der Waals surface area contributed by atoms with Gasteiger partial charge in [0.15, 0.2) is 0 Å². The lowest BCUT2D eigenvalue weighted by molar-refractivity contribution is 0.0505. The number of ether oxygens (including phenoxy) is 4. The van der Waals surface area contributed by atoms with Crippen LogP contribution in [0.1, 0.15) is 132 Å². The summed E-state index contributed by atoms with van der Waals surface area (Å²) in [6.45, 7) is 8.12. The van der Waals surface area contributed by atoms with Crippen molar-refractivity contribution < 1.29 is 38.1 Å². The number of hydrogen-bond acceptors (Lipinski definition) is 8. The summed E-state index contributed by atoms with van der Waals surface area (Å²) in [4.78, 5) is 49.2. The molecule has 0 heterocycles. The maximum absolute atomic E-state index is 12.5. The molecule has 42 heavy (non-hydrogen) atoms. The molecule has 2 aromatic carbocycles. The predicted molar refractivity (Wildman–Crippen MR) is 161 cm³/mol. The predicted octanol–water partition coefficient (Wildman–Crippen LogP) is 7.30. The normalized spacial score (nSPS) is 10.7. The van der Waals surface area contributed by atoms with Crippen molar-refractivity contribution in [1.82, 2.24) is 0 Å². The molecule has 8 nitrogen and oxygen atoms in total. The van der Waals surface area contributed by atoms with E-state index in [9.17, 15) is 19.2 Å². The Balaban J connectivity index is 1.75. The van der Waals surface area contributed by atoms with Gasteiger partial charge in [-0.3, -0.25) is 0 Å². The molecular formula is C34H46O8. The summed E-state index contributed by atoms with van der Waals surface area (Å²) in [7, 11) is 0. The first-order chi connectivity index (χ1) is 20.4. The second kappa shape index (κ2) is 19.4. The SMILES string of the molecule is CCOC(=O)c1ccc(CCCCCCCCCCc2ccc(C(=O)OCC)cc2C(=O)OCC)c(C(=O)OCC)c1. The molecule has 0 unspecified atom stereocenters. The van der Waals surface area contributed by atoms with Crippen molar-refractivity contribution in [2.75, 3.05) is 26.4 Å². The zero-order chi connectivity index (χ0) is 30.7. The molecule has 0 aromatic heterocycles. The fraction of sp³-hybridized carbons (Fsp3) is 0.529. The summed E-state index contributed by atoms with van der Waals surface area (Å²) in [5.41, 5.74) is 3.36. The monoisotopic (exact) mass is 582 g/mol. The van der Waals surface area contributed by atoms with E-state index in [1.165, 1.54) is 0 Å². The molecule has 0 radical (unpaired) electrons. The first-order valence-corrected chi connectivity index (χ1v) is 15.3. The summed E-state index contributed by atoms with van der Waals surface area (Å²) in [5, 5.41) is 0. The molecule has 0 amide bonds. The fourth-order valence-corrected chi connectivity index (χ4v) is 4.76. The van der Waals surface area contributed by atoms with Gasteiger partial charge >= 0.3 is 23.9 Å². The molecule has 2 rings (SSSR count). The van der Waals surface area contributed by atoms with Crippen LogP contribution in [-0.4, -0.2) is 50.3 Å². The number of hydrogen-bond donors (Lipinski definition) is 0. The van der Waals surface area contributed by atoms with Crippen LogP contribution < -0.4 is 0 Å². The lowest BCUT2D eigenvalue weighted by atomic mass is 9.97. The van der Waals surface area contributed by atoms with E-state index in [2.05, 4.69) is 0 Å². The highest BCUT2D eigenvalue weighted by molar-refractivity contribution is 5.97. The van der Waals surface area contributed by atoms with Crippen LogP contribution in [-0.2, 0) is 31.8 Å². The smallest absolute Gasteiger partial charge is 0.338 e. The molecule has 0 spiro atoms. The minimum Gasteiger partial charge on any atom is -0.462 e. The third-order valence-electron chi connectivity index (χ3n) is 6.87. The van der Waals surface area contributed by atoms with Gasteiger partial charge < -0.3 is 18.9 Å². The average Bonchev–Trinajstić information content (AvgIpc) is 2.98. The molecule has 0 saturated carbocycles. The van der Waals surface area contributed by atoms with Crippen LogP contribution in [0.5, 0.6) is 0 Å². The second-order valence-corrected chi connectivity index (χ2v) is 9.95. The topological polar surface area (TPSA) is 105 Å². The van der Waals surface area contributed by atoms with E-state index in [-0.39, 0.29) is 26.4 Å². The number of aryl methyl sites for hydroxylation is 2. The third kappa shape index (κ3) is 11.3. The van der Waals surface area contributed by atoms with Crippen molar-refractivity contribution in [3.63, 3.8) is 0 Å². The number of carbonyl (C=O) groups is 4. The zero-order valence-corrected chi connectivity index (χ0v) is 25.6. The van der Waals surface area contributed by atoms with Crippen LogP contribution in [0.2, 0.25) is 0 Å². The quantitative estimate of drug-likeness (QED) is 0.0965. The summed E-state index contributed by atoms with van der Waals surface area (Å²) in [6.07, 6.45) is 9.98. The Morgan fingerprint density at radius 2 is 0.762 bits per heavy atom. The molecule has 0 aliphatic rings. The fourth-order valence-electron chi connectivity index (χ4n) is 4.76. The second-order valence-electron chi connectivity index (χ2n) is 9.95. The van der Waals surface area contributed by atoms with E-state index in [0.29, 0.717) is 22.3 Å². The molecule has 230 valence electrons. The largest absolute Gasteiger partial charge is 0.462 e. The molecule has 0 saturated heterocycles. The maximum atomic E-state index is 12.5. The Hall–Kier alpha value is -3.68. The van der Waals surface area contributed by atoms with E-state index in [0.717, 1.165) is 75.3 Å².